The minimum Gasteiger partial charge on any atom is -0.481 e. The number of piperazine rings is 1. The molecule has 1 unspecified atom stereocenters. The van der Waals surface area contributed by atoms with Crippen LogP contribution in [0.5, 0.6) is 0 Å². The average Bonchev–Trinajstić information content (AvgIpc) is 2.32. The Morgan fingerprint density at radius 3 is 2.47 bits per heavy atom. The number of carboxylic acid groups (broad SMARTS) is 1. The summed E-state index contributed by atoms with van der Waals surface area (Å²) in [6, 6.07) is -0.615. The number of methoxy groups -OCH3 is 1. The van der Waals surface area contributed by atoms with E-state index in [1.165, 1.54) is 7.11 Å². The van der Waals surface area contributed by atoms with Gasteiger partial charge in [0.15, 0.2) is 0 Å². The van der Waals surface area contributed by atoms with E-state index >= 15 is 0 Å². The van der Waals surface area contributed by atoms with Crippen molar-refractivity contribution in [2.45, 2.75) is 12.5 Å². The number of amides is 4. The van der Waals surface area contributed by atoms with Crippen molar-refractivity contribution >= 4 is 23.8 Å². The molecule has 1 heterocycles. The number of carbonyl (C=O) groups excluding carboxylic acids is 3. The van der Waals surface area contributed by atoms with E-state index < -0.39 is 29.9 Å². The van der Waals surface area contributed by atoms with E-state index in [2.05, 4.69) is 10.6 Å². The first kappa shape index (κ1) is 14.9. The van der Waals surface area contributed by atoms with Gasteiger partial charge in [-0.3, -0.25) is 19.7 Å². The molecule has 0 aromatic carbocycles. The van der Waals surface area contributed by atoms with Crippen LogP contribution >= 0.6 is 0 Å². The Kier molecular flexibility index (Phi) is 5.24. The third kappa shape index (κ3) is 4.92. The Morgan fingerprint density at radius 2 is 2.00 bits per heavy atom. The molecule has 3 N–H and O–H groups in total. The molecule has 1 aliphatic rings. The summed E-state index contributed by atoms with van der Waals surface area (Å²) in [6.07, 6.45) is -0.924. The first-order valence-corrected chi connectivity index (χ1v) is 5.52. The highest BCUT2D eigenvalue weighted by molar-refractivity contribution is 6.02. The minimum absolute atomic E-state index is 0.0199. The first-order valence-electron chi connectivity index (χ1n) is 5.52. The molecule has 0 bridgehead atoms. The number of urea groups is 1. The molecule has 1 aliphatic heterocycles. The van der Waals surface area contributed by atoms with Gasteiger partial charge in [0.05, 0.1) is 12.5 Å². The van der Waals surface area contributed by atoms with E-state index in [4.69, 9.17) is 9.84 Å². The van der Waals surface area contributed by atoms with Crippen LogP contribution < -0.4 is 10.6 Å². The second kappa shape index (κ2) is 6.69. The zero-order chi connectivity index (χ0) is 14.4. The van der Waals surface area contributed by atoms with Gasteiger partial charge in [-0.05, 0) is 0 Å². The molecule has 1 saturated heterocycles. The molecular formula is C10H15N3O6. The summed E-state index contributed by atoms with van der Waals surface area (Å²) in [5, 5.41) is 13.1. The standard InChI is InChI=1S/C10H15N3O6/c1-19-6(2-9(16)17)3-11-10(18)13-4-7(14)12-8(15)5-13/h6H,2-5H2,1H3,(H,11,18)(H,16,17)(H,12,14,15). The lowest BCUT2D eigenvalue weighted by Crippen LogP contribution is -2.56. The van der Waals surface area contributed by atoms with Crippen molar-refractivity contribution < 1.29 is 29.0 Å². The summed E-state index contributed by atoms with van der Waals surface area (Å²) in [7, 11) is 1.33. The normalized spacial score (nSPS) is 16.8. The summed E-state index contributed by atoms with van der Waals surface area (Å²) in [4.78, 5) is 45.4. The van der Waals surface area contributed by atoms with Crippen LogP contribution in [0.25, 0.3) is 0 Å². The zero-order valence-electron chi connectivity index (χ0n) is 10.3. The van der Waals surface area contributed by atoms with Crippen LogP contribution in [-0.2, 0) is 19.1 Å². The maximum absolute atomic E-state index is 11.7. The number of hydrogen-bond acceptors (Lipinski definition) is 5. The third-order valence-corrected chi connectivity index (χ3v) is 2.45. The largest absolute Gasteiger partial charge is 0.481 e. The maximum Gasteiger partial charge on any atom is 0.318 e. The van der Waals surface area contributed by atoms with Crippen LogP contribution in [0, 0.1) is 0 Å². The second-order valence-electron chi connectivity index (χ2n) is 3.97. The summed E-state index contributed by atoms with van der Waals surface area (Å²) in [6.45, 7) is -0.448. The van der Waals surface area contributed by atoms with Crippen LogP contribution in [0.15, 0.2) is 0 Å². The molecule has 19 heavy (non-hydrogen) atoms. The molecule has 1 fully saturated rings. The van der Waals surface area contributed by atoms with Gasteiger partial charge in [-0.2, -0.15) is 0 Å². The SMILES string of the molecule is COC(CNC(=O)N1CC(=O)NC(=O)C1)CC(=O)O. The number of aliphatic carboxylic acids is 1. The summed E-state index contributed by atoms with van der Waals surface area (Å²) < 4.78 is 4.88. The van der Waals surface area contributed by atoms with Crippen LogP contribution in [0.3, 0.4) is 0 Å². The topological polar surface area (TPSA) is 125 Å². The lowest BCUT2D eigenvalue weighted by atomic mass is 10.2. The van der Waals surface area contributed by atoms with Gasteiger partial charge in [0, 0.05) is 13.7 Å². The van der Waals surface area contributed by atoms with E-state index in [9.17, 15) is 19.2 Å². The lowest BCUT2D eigenvalue weighted by Gasteiger charge is -2.26. The summed E-state index contributed by atoms with van der Waals surface area (Å²) in [5.74, 6) is -2.16. The number of nitrogens with zero attached hydrogens (tertiary/aromatic N) is 1. The van der Waals surface area contributed by atoms with E-state index in [0.29, 0.717) is 0 Å². The van der Waals surface area contributed by atoms with Crippen molar-refractivity contribution in [2.75, 3.05) is 26.7 Å². The van der Waals surface area contributed by atoms with Gasteiger partial charge in [0.2, 0.25) is 11.8 Å². The molecule has 0 aromatic rings. The van der Waals surface area contributed by atoms with Crippen LogP contribution in [0.4, 0.5) is 4.79 Å². The zero-order valence-corrected chi connectivity index (χ0v) is 10.3. The molecule has 106 valence electrons. The molecule has 1 atom stereocenters. The van der Waals surface area contributed by atoms with Crippen LogP contribution in [0.2, 0.25) is 0 Å². The van der Waals surface area contributed by atoms with Crippen molar-refractivity contribution in [1.82, 2.24) is 15.5 Å². The van der Waals surface area contributed by atoms with E-state index in [1.54, 1.807) is 0 Å². The van der Waals surface area contributed by atoms with Crippen LogP contribution in [-0.4, -0.2) is 66.7 Å². The highest BCUT2D eigenvalue weighted by atomic mass is 16.5. The molecule has 0 aromatic heterocycles. The Balaban J connectivity index is 2.43. The van der Waals surface area contributed by atoms with Gasteiger partial charge in [-0.15, -0.1) is 0 Å². The van der Waals surface area contributed by atoms with Gasteiger partial charge in [0.1, 0.15) is 13.1 Å². The summed E-state index contributed by atoms with van der Waals surface area (Å²) in [5.41, 5.74) is 0. The monoisotopic (exact) mass is 273 g/mol. The van der Waals surface area contributed by atoms with Gasteiger partial charge in [0.25, 0.3) is 0 Å². The molecule has 4 amide bonds. The van der Waals surface area contributed by atoms with Gasteiger partial charge in [-0.1, -0.05) is 0 Å². The molecule has 9 nitrogen and oxygen atoms in total. The molecule has 0 spiro atoms. The fourth-order valence-corrected chi connectivity index (χ4v) is 1.53. The average molecular weight is 273 g/mol. The predicted octanol–water partition coefficient (Wildman–Crippen LogP) is -1.86. The molecule has 9 heteroatoms. The predicted molar refractivity (Wildman–Crippen MR) is 61.2 cm³/mol. The number of rotatable bonds is 5. The molecule has 0 aliphatic carbocycles. The minimum atomic E-state index is -1.05. The van der Waals surface area contributed by atoms with Gasteiger partial charge < -0.3 is 20.1 Å². The number of ether oxygens (including phenoxy) is 1. The maximum atomic E-state index is 11.7. The molecule has 0 saturated carbocycles. The number of carbonyl (C=O) groups is 4. The number of nitrogens with one attached hydrogen (secondary N) is 2. The number of imide groups is 1. The van der Waals surface area contributed by atoms with E-state index in [0.717, 1.165) is 4.90 Å². The van der Waals surface area contributed by atoms with Crippen molar-refractivity contribution in [1.29, 1.82) is 0 Å². The highest BCUT2D eigenvalue weighted by Crippen LogP contribution is 1.98. The lowest BCUT2D eigenvalue weighted by molar-refractivity contribution is -0.139. The quantitative estimate of drug-likeness (QED) is 0.505. The Morgan fingerprint density at radius 1 is 1.42 bits per heavy atom. The fourth-order valence-electron chi connectivity index (χ4n) is 1.53. The Labute approximate surface area is 108 Å². The highest BCUT2D eigenvalue weighted by Gasteiger charge is 2.26. The molecule has 1 rings (SSSR count). The fraction of sp³-hybridized carbons (Fsp3) is 0.600. The van der Waals surface area contributed by atoms with Gasteiger partial charge >= 0.3 is 12.0 Å². The number of carboxylic acids is 1. The Bertz CT molecular complexity index is 381. The smallest absolute Gasteiger partial charge is 0.318 e. The third-order valence-electron chi connectivity index (χ3n) is 2.45. The van der Waals surface area contributed by atoms with Crippen molar-refractivity contribution in [2.24, 2.45) is 0 Å². The van der Waals surface area contributed by atoms with Crippen molar-refractivity contribution in [3.8, 4) is 0 Å². The van der Waals surface area contributed by atoms with Gasteiger partial charge in [-0.25, -0.2) is 4.79 Å². The summed E-state index contributed by atoms with van der Waals surface area (Å²) >= 11 is 0. The molecule has 0 radical (unpaired) electrons. The second-order valence-corrected chi connectivity index (χ2v) is 3.97. The number of hydrogen-bond donors (Lipinski definition) is 3. The van der Waals surface area contributed by atoms with Crippen LogP contribution in [0.1, 0.15) is 6.42 Å². The first-order chi connectivity index (χ1) is 8.92. The Hall–Kier alpha value is -2.16. The van der Waals surface area contributed by atoms with E-state index in [1.807, 2.05) is 0 Å². The van der Waals surface area contributed by atoms with E-state index in [-0.39, 0.29) is 26.1 Å². The van der Waals surface area contributed by atoms with Crippen molar-refractivity contribution in [3.63, 3.8) is 0 Å². The molecular weight excluding hydrogens is 258 g/mol. The van der Waals surface area contributed by atoms with Crippen molar-refractivity contribution in [3.05, 3.63) is 0 Å².